The van der Waals surface area contributed by atoms with Crippen LogP contribution in [0.25, 0.3) is 10.6 Å². The molecule has 27 heavy (non-hydrogen) atoms. The first-order valence-corrected chi connectivity index (χ1v) is 10.7. The van der Waals surface area contributed by atoms with Crippen LogP contribution in [0.15, 0.2) is 60.8 Å². The topological polar surface area (TPSA) is 88.2 Å². The largest absolute Gasteiger partial charge is 0.347 e. The molecule has 0 fully saturated rings. The third kappa shape index (κ3) is 5.22. The van der Waals surface area contributed by atoms with Crippen molar-refractivity contribution in [2.75, 3.05) is 7.05 Å². The fourth-order valence-corrected chi connectivity index (χ4v) is 4.02. The molecule has 140 valence electrons. The van der Waals surface area contributed by atoms with E-state index in [1.807, 2.05) is 42.5 Å². The smallest absolute Gasteiger partial charge is 0.263 e. The third-order valence-corrected chi connectivity index (χ3v) is 6.27. The number of nitrogens with zero attached hydrogens (tertiary/aromatic N) is 1. The summed E-state index contributed by atoms with van der Waals surface area (Å²) in [5, 5.41) is 3.66. The monoisotopic (exact) mass is 401 g/mol. The summed E-state index contributed by atoms with van der Waals surface area (Å²) in [5.41, 5.74) is 2.56. The summed E-state index contributed by atoms with van der Waals surface area (Å²) in [4.78, 5) is 17.2. The zero-order chi connectivity index (χ0) is 19.3. The van der Waals surface area contributed by atoms with Crippen LogP contribution in [0.2, 0.25) is 0 Å². The van der Waals surface area contributed by atoms with E-state index in [4.69, 9.17) is 0 Å². The van der Waals surface area contributed by atoms with E-state index in [1.54, 1.807) is 18.3 Å². The Morgan fingerprint density at radius 1 is 1.04 bits per heavy atom. The van der Waals surface area contributed by atoms with Gasteiger partial charge in [0, 0.05) is 12.1 Å². The Balaban J connectivity index is 1.59. The second-order valence-corrected chi connectivity index (χ2v) is 8.82. The van der Waals surface area contributed by atoms with Gasteiger partial charge in [0.15, 0.2) is 0 Å². The molecule has 0 saturated carbocycles. The first-order chi connectivity index (χ1) is 13.0. The van der Waals surface area contributed by atoms with Crippen molar-refractivity contribution >= 4 is 27.3 Å². The molecule has 0 aliphatic rings. The van der Waals surface area contributed by atoms with Gasteiger partial charge in [-0.05, 0) is 18.2 Å². The highest BCUT2D eigenvalue weighted by atomic mass is 32.2. The first-order valence-electron chi connectivity index (χ1n) is 8.25. The summed E-state index contributed by atoms with van der Waals surface area (Å²) in [6.45, 7) is 0.358. The van der Waals surface area contributed by atoms with Crippen molar-refractivity contribution in [2.45, 2.75) is 12.3 Å². The number of rotatable bonds is 7. The van der Waals surface area contributed by atoms with Crippen molar-refractivity contribution in [2.24, 2.45) is 0 Å². The molecule has 0 aliphatic carbocycles. The van der Waals surface area contributed by atoms with Crippen molar-refractivity contribution in [3.8, 4) is 10.6 Å². The van der Waals surface area contributed by atoms with Crippen molar-refractivity contribution in [1.82, 2.24) is 15.0 Å². The second-order valence-electron chi connectivity index (χ2n) is 5.86. The van der Waals surface area contributed by atoms with Gasteiger partial charge in [-0.1, -0.05) is 54.6 Å². The summed E-state index contributed by atoms with van der Waals surface area (Å²) >= 11 is 1.34. The Hall–Kier alpha value is -2.55. The molecule has 8 heteroatoms. The Labute approximate surface area is 162 Å². The zero-order valence-electron chi connectivity index (χ0n) is 14.7. The molecule has 1 heterocycles. The molecule has 0 bridgehead atoms. The van der Waals surface area contributed by atoms with E-state index < -0.39 is 10.0 Å². The number of hydrogen-bond acceptors (Lipinski definition) is 5. The van der Waals surface area contributed by atoms with Crippen LogP contribution in [0.4, 0.5) is 0 Å². The number of sulfonamides is 1. The van der Waals surface area contributed by atoms with Crippen LogP contribution in [0.3, 0.4) is 0 Å². The summed E-state index contributed by atoms with van der Waals surface area (Å²) in [6, 6.07) is 16.8. The van der Waals surface area contributed by atoms with E-state index in [2.05, 4.69) is 15.0 Å². The van der Waals surface area contributed by atoms with Crippen molar-refractivity contribution in [3.05, 3.63) is 76.8 Å². The fraction of sp³-hybridized carbons (Fsp3) is 0.158. The second kappa shape index (κ2) is 8.43. The lowest BCUT2D eigenvalue weighted by Gasteiger charge is -2.06. The van der Waals surface area contributed by atoms with Crippen LogP contribution >= 0.6 is 11.3 Å². The van der Waals surface area contributed by atoms with Gasteiger partial charge in [0.05, 0.1) is 11.9 Å². The molecule has 3 aromatic rings. The maximum Gasteiger partial charge on any atom is 0.263 e. The Morgan fingerprint density at radius 3 is 2.37 bits per heavy atom. The number of aromatic nitrogens is 1. The number of carbonyl (C=O) groups is 1. The number of carbonyl (C=O) groups excluding carboxylic acids is 1. The predicted molar refractivity (Wildman–Crippen MR) is 107 cm³/mol. The minimum Gasteiger partial charge on any atom is -0.347 e. The predicted octanol–water partition coefficient (Wildman–Crippen LogP) is 2.79. The highest BCUT2D eigenvalue weighted by Crippen LogP contribution is 2.24. The van der Waals surface area contributed by atoms with Crippen LogP contribution in [0.1, 0.15) is 20.8 Å². The minimum absolute atomic E-state index is 0.0702. The quantitative estimate of drug-likeness (QED) is 0.637. The number of amides is 1. The van der Waals surface area contributed by atoms with Gasteiger partial charge in [-0.25, -0.2) is 18.1 Å². The number of benzene rings is 2. The molecular formula is C19H19N3O3S2. The van der Waals surface area contributed by atoms with Gasteiger partial charge in [-0.3, -0.25) is 4.79 Å². The van der Waals surface area contributed by atoms with Crippen molar-refractivity contribution in [1.29, 1.82) is 0 Å². The molecule has 0 radical (unpaired) electrons. The lowest BCUT2D eigenvalue weighted by Crippen LogP contribution is -2.22. The van der Waals surface area contributed by atoms with E-state index in [0.29, 0.717) is 17.0 Å². The summed E-state index contributed by atoms with van der Waals surface area (Å²) in [7, 11) is -1.90. The molecule has 3 rings (SSSR count). The third-order valence-electron chi connectivity index (χ3n) is 3.89. The molecule has 6 nitrogen and oxygen atoms in total. The Morgan fingerprint density at radius 2 is 1.70 bits per heavy atom. The van der Waals surface area contributed by atoms with E-state index in [-0.39, 0.29) is 11.7 Å². The lowest BCUT2D eigenvalue weighted by atomic mass is 10.1. The number of nitrogens with one attached hydrogen (secondary N) is 2. The van der Waals surface area contributed by atoms with Crippen LogP contribution in [0.5, 0.6) is 0 Å². The van der Waals surface area contributed by atoms with Gasteiger partial charge < -0.3 is 5.32 Å². The van der Waals surface area contributed by atoms with Gasteiger partial charge >= 0.3 is 0 Å². The number of hydrogen-bond donors (Lipinski definition) is 2. The van der Waals surface area contributed by atoms with E-state index in [9.17, 15) is 13.2 Å². The molecule has 2 N–H and O–H groups in total. The van der Waals surface area contributed by atoms with E-state index in [0.717, 1.165) is 16.1 Å². The average Bonchev–Trinajstić information content (AvgIpc) is 3.18. The van der Waals surface area contributed by atoms with E-state index in [1.165, 1.54) is 18.4 Å². The average molecular weight is 402 g/mol. The van der Waals surface area contributed by atoms with Gasteiger partial charge in [-0.15, -0.1) is 11.3 Å². The van der Waals surface area contributed by atoms with Crippen molar-refractivity contribution < 1.29 is 13.2 Å². The molecule has 1 aromatic heterocycles. The Kier molecular flexibility index (Phi) is 6.00. The van der Waals surface area contributed by atoms with Gasteiger partial charge in [-0.2, -0.15) is 0 Å². The zero-order valence-corrected chi connectivity index (χ0v) is 16.3. The van der Waals surface area contributed by atoms with Crippen LogP contribution < -0.4 is 10.0 Å². The minimum atomic E-state index is -3.29. The Bertz CT molecular complexity index is 1010. The molecule has 0 saturated heterocycles. The first kappa shape index (κ1) is 19.2. The maximum atomic E-state index is 12.3. The molecule has 2 aromatic carbocycles. The summed E-state index contributed by atoms with van der Waals surface area (Å²) < 4.78 is 25.4. The van der Waals surface area contributed by atoms with Crippen LogP contribution in [-0.2, 0) is 22.3 Å². The molecular weight excluding hydrogens is 382 g/mol. The van der Waals surface area contributed by atoms with Gasteiger partial charge in [0.2, 0.25) is 10.0 Å². The molecule has 0 spiro atoms. The van der Waals surface area contributed by atoms with E-state index >= 15 is 0 Å². The standard InChI is InChI=1S/C19H19N3O3S2/c1-20-27(24,25)13-15-9-7-14(8-10-15)11-21-18(23)17-12-22-19(26-17)16-5-3-2-4-6-16/h2-10,12,20H,11,13H2,1H3,(H,21,23). The highest BCUT2D eigenvalue weighted by molar-refractivity contribution is 7.88. The van der Waals surface area contributed by atoms with Crippen LogP contribution in [-0.4, -0.2) is 26.4 Å². The molecule has 1 amide bonds. The van der Waals surface area contributed by atoms with Crippen LogP contribution in [0, 0.1) is 0 Å². The lowest BCUT2D eigenvalue weighted by molar-refractivity contribution is 0.0954. The fourth-order valence-electron chi connectivity index (χ4n) is 2.41. The van der Waals surface area contributed by atoms with Gasteiger partial charge in [0.25, 0.3) is 5.91 Å². The highest BCUT2D eigenvalue weighted by Gasteiger charge is 2.12. The molecule has 0 unspecified atom stereocenters. The maximum absolute atomic E-state index is 12.3. The normalized spacial score (nSPS) is 11.3. The molecule has 0 atom stereocenters. The summed E-state index contributed by atoms with van der Waals surface area (Å²) in [5.74, 6) is -0.254. The number of thiazole rings is 1. The SMILES string of the molecule is CNS(=O)(=O)Cc1ccc(CNC(=O)c2cnc(-c3ccccc3)s2)cc1. The van der Waals surface area contributed by atoms with Gasteiger partial charge in [0.1, 0.15) is 9.88 Å². The van der Waals surface area contributed by atoms with Crippen molar-refractivity contribution in [3.63, 3.8) is 0 Å². The summed E-state index contributed by atoms with van der Waals surface area (Å²) in [6.07, 6.45) is 1.58. The molecule has 0 aliphatic heterocycles.